The van der Waals surface area contributed by atoms with Crippen molar-refractivity contribution in [1.29, 1.82) is 0 Å². The minimum Gasteiger partial charge on any atom is -0.302 e. The van der Waals surface area contributed by atoms with Gasteiger partial charge in [0.15, 0.2) is 0 Å². The molecule has 1 aliphatic heterocycles. The van der Waals surface area contributed by atoms with Crippen LogP contribution < -0.4 is 11.2 Å². The monoisotopic (exact) mass is 254 g/mol. The first-order valence-electron chi connectivity index (χ1n) is 5.78. The number of likely N-dealkylation sites (tertiary alicyclic amines) is 1. The normalized spacial score (nSPS) is 16.0. The van der Waals surface area contributed by atoms with Crippen LogP contribution in [0.2, 0.25) is 0 Å². The summed E-state index contributed by atoms with van der Waals surface area (Å²) < 4.78 is 1.18. The summed E-state index contributed by atoms with van der Waals surface area (Å²) in [6.07, 6.45) is 3.29. The van der Waals surface area contributed by atoms with Gasteiger partial charge in [0.2, 0.25) is 0 Å². The number of nitro groups is 1. The highest BCUT2D eigenvalue weighted by molar-refractivity contribution is 5.20. The first-order chi connectivity index (χ1) is 8.58. The maximum absolute atomic E-state index is 11.5. The van der Waals surface area contributed by atoms with Gasteiger partial charge in [0.25, 0.3) is 0 Å². The average molecular weight is 254 g/mol. The highest BCUT2D eigenvalue weighted by Crippen LogP contribution is 2.07. The van der Waals surface area contributed by atoms with Crippen LogP contribution in [0.5, 0.6) is 0 Å². The van der Waals surface area contributed by atoms with Crippen molar-refractivity contribution in [1.82, 2.24) is 14.5 Å². The Morgan fingerprint density at radius 3 is 2.56 bits per heavy atom. The Labute approximate surface area is 102 Å². The molecule has 0 atom stereocenters. The predicted octanol–water partition coefficient (Wildman–Crippen LogP) is -0.459. The van der Waals surface area contributed by atoms with E-state index in [4.69, 9.17) is 0 Å². The van der Waals surface area contributed by atoms with Crippen molar-refractivity contribution in [3.05, 3.63) is 37.1 Å². The molecule has 1 fully saturated rings. The molecule has 8 heteroatoms. The second kappa shape index (κ2) is 5.13. The molecule has 0 spiro atoms. The Hall–Kier alpha value is -1.96. The molecule has 1 N–H and O–H groups in total. The second-order valence-electron chi connectivity index (χ2n) is 4.27. The van der Waals surface area contributed by atoms with E-state index < -0.39 is 21.9 Å². The summed E-state index contributed by atoms with van der Waals surface area (Å²) in [5.41, 5.74) is -2.16. The summed E-state index contributed by atoms with van der Waals surface area (Å²) in [7, 11) is 0. The molecular formula is C10H14N4O4. The summed E-state index contributed by atoms with van der Waals surface area (Å²) in [6, 6.07) is 0. The summed E-state index contributed by atoms with van der Waals surface area (Å²) >= 11 is 0. The van der Waals surface area contributed by atoms with Crippen molar-refractivity contribution in [3.8, 4) is 0 Å². The fourth-order valence-electron chi connectivity index (χ4n) is 2.05. The molecule has 0 bridgehead atoms. The molecular weight excluding hydrogens is 240 g/mol. The van der Waals surface area contributed by atoms with E-state index in [1.807, 2.05) is 4.98 Å². The quantitative estimate of drug-likeness (QED) is 0.578. The van der Waals surface area contributed by atoms with Crippen LogP contribution in [-0.2, 0) is 6.54 Å². The van der Waals surface area contributed by atoms with Gasteiger partial charge >= 0.3 is 16.9 Å². The number of nitrogens with one attached hydrogen (secondary N) is 1. The van der Waals surface area contributed by atoms with Crippen LogP contribution in [0.15, 0.2) is 15.8 Å². The minimum atomic E-state index is -0.956. The second-order valence-corrected chi connectivity index (χ2v) is 4.27. The van der Waals surface area contributed by atoms with Crippen molar-refractivity contribution >= 4 is 5.69 Å². The van der Waals surface area contributed by atoms with E-state index in [0.29, 0.717) is 13.1 Å². The molecule has 0 saturated carbocycles. The number of aromatic nitrogens is 2. The van der Waals surface area contributed by atoms with Gasteiger partial charge in [-0.15, -0.1) is 0 Å². The first kappa shape index (κ1) is 12.5. The molecule has 8 nitrogen and oxygen atoms in total. The van der Waals surface area contributed by atoms with Crippen LogP contribution in [0.25, 0.3) is 0 Å². The average Bonchev–Trinajstić information content (AvgIpc) is 2.80. The number of H-pyrrole nitrogens is 1. The Kier molecular flexibility index (Phi) is 3.56. The Morgan fingerprint density at radius 1 is 1.28 bits per heavy atom. The van der Waals surface area contributed by atoms with Gasteiger partial charge in [-0.05, 0) is 25.9 Å². The van der Waals surface area contributed by atoms with Crippen LogP contribution in [0, 0.1) is 10.1 Å². The van der Waals surface area contributed by atoms with Gasteiger partial charge in [-0.3, -0.25) is 24.5 Å². The van der Waals surface area contributed by atoms with E-state index in [1.165, 1.54) is 4.57 Å². The fourth-order valence-corrected chi connectivity index (χ4v) is 2.05. The highest BCUT2D eigenvalue weighted by Gasteiger charge is 2.16. The maximum Gasteiger partial charge on any atom is 0.350 e. The predicted molar refractivity (Wildman–Crippen MR) is 63.7 cm³/mol. The summed E-state index contributed by atoms with van der Waals surface area (Å²) in [5.74, 6) is 0. The molecule has 18 heavy (non-hydrogen) atoms. The zero-order chi connectivity index (χ0) is 13.1. The lowest BCUT2D eigenvalue weighted by molar-refractivity contribution is -0.386. The third-order valence-electron chi connectivity index (χ3n) is 3.04. The fraction of sp³-hybridized carbons (Fsp3) is 0.600. The van der Waals surface area contributed by atoms with Crippen molar-refractivity contribution in [2.45, 2.75) is 19.4 Å². The summed E-state index contributed by atoms with van der Waals surface area (Å²) in [5, 5.41) is 10.6. The van der Waals surface area contributed by atoms with Gasteiger partial charge in [-0.1, -0.05) is 0 Å². The van der Waals surface area contributed by atoms with E-state index in [-0.39, 0.29) is 0 Å². The lowest BCUT2D eigenvalue weighted by Crippen LogP contribution is -2.34. The maximum atomic E-state index is 11.5. The smallest absolute Gasteiger partial charge is 0.302 e. The largest absolute Gasteiger partial charge is 0.350 e. The number of hydrogen-bond donors (Lipinski definition) is 1. The molecule has 1 aromatic rings. The van der Waals surface area contributed by atoms with E-state index in [2.05, 4.69) is 4.90 Å². The lowest BCUT2D eigenvalue weighted by atomic mass is 10.4. The minimum absolute atomic E-state index is 0.344. The number of hydrogen-bond acceptors (Lipinski definition) is 5. The van der Waals surface area contributed by atoms with Gasteiger partial charge in [0.1, 0.15) is 0 Å². The van der Waals surface area contributed by atoms with Crippen LogP contribution in [0.4, 0.5) is 5.69 Å². The van der Waals surface area contributed by atoms with Crippen LogP contribution in [0.1, 0.15) is 12.8 Å². The Bertz CT molecular complexity index is 556. The molecule has 98 valence electrons. The van der Waals surface area contributed by atoms with E-state index >= 15 is 0 Å². The molecule has 0 unspecified atom stereocenters. The molecule has 0 amide bonds. The number of nitrogens with zero attached hydrogens (tertiary/aromatic N) is 3. The van der Waals surface area contributed by atoms with E-state index in [0.717, 1.165) is 32.1 Å². The summed E-state index contributed by atoms with van der Waals surface area (Å²) in [4.78, 5) is 36.6. The van der Waals surface area contributed by atoms with Crippen molar-refractivity contribution in [2.24, 2.45) is 0 Å². The van der Waals surface area contributed by atoms with Crippen LogP contribution in [-0.4, -0.2) is 39.0 Å². The number of aromatic amines is 1. The van der Waals surface area contributed by atoms with Crippen molar-refractivity contribution in [2.75, 3.05) is 19.6 Å². The summed E-state index contributed by atoms with van der Waals surface area (Å²) in [6.45, 7) is 2.97. The molecule has 2 rings (SSSR count). The van der Waals surface area contributed by atoms with E-state index in [9.17, 15) is 19.7 Å². The molecule has 0 aromatic carbocycles. The topological polar surface area (TPSA) is 101 Å². The van der Waals surface area contributed by atoms with Gasteiger partial charge < -0.3 is 4.90 Å². The molecule has 0 aliphatic carbocycles. The molecule has 1 aliphatic rings. The van der Waals surface area contributed by atoms with Gasteiger partial charge in [-0.25, -0.2) is 4.79 Å². The van der Waals surface area contributed by atoms with Gasteiger partial charge in [-0.2, -0.15) is 0 Å². The third kappa shape index (κ3) is 2.65. The number of rotatable bonds is 4. The standard InChI is InChI=1S/C10H14N4O4/c15-9-8(14(17)18)7-13(10(16)11-9)6-5-12-3-1-2-4-12/h7H,1-6H2,(H,11,15,16). The third-order valence-corrected chi connectivity index (χ3v) is 3.04. The molecule has 2 heterocycles. The molecule has 1 saturated heterocycles. The van der Waals surface area contributed by atoms with E-state index in [1.54, 1.807) is 0 Å². The molecule has 0 radical (unpaired) electrons. The highest BCUT2D eigenvalue weighted by atomic mass is 16.6. The zero-order valence-corrected chi connectivity index (χ0v) is 9.79. The van der Waals surface area contributed by atoms with Crippen molar-refractivity contribution in [3.63, 3.8) is 0 Å². The first-order valence-corrected chi connectivity index (χ1v) is 5.78. The van der Waals surface area contributed by atoms with Crippen LogP contribution >= 0.6 is 0 Å². The zero-order valence-electron chi connectivity index (χ0n) is 9.79. The molecule has 1 aromatic heterocycles. The Balaban J connectivity index is 2.16. The van der Waals surface area contributed by atoms with Gasteiger partial charge in [0, 0.05) is 13.1 Å². The van der Waals surface area contributed by atoms with Crippen LogP contribution in [0.3, 0.4) is 0 Å². The van der Waals surface area contributed by atoms with Crippen molar-refractivity contribution < 1.29 is 4.92 Å². The lowest BCUT2D eigenvalue weighted by Gasteiger charge is -2.14. The SMILES string of the molecule is O=c1[nH]c(=O)n(CCN2CCCC2)cc1[N+](=O)[O-]. The van der Waals surface area contributed by atoms with Gasteiger partial charge in [0.05, 0.1) is 11.1 Å². The Morgan fingerprint density at radius 2 is 1.94 bits per heavy atom.